The van der Waals surface area contributed by atoms with Crippen LogP contribution in [0.4, 0.5) is 5.69 Å². The third-order valence-corrected chi connectivity index (χ3v) is 4.07. The van der Waals surface area contributed by atoms with Gasteiger partial charge in [0.15, 0.2) is 0 Å². The summed E-state index contributed by atoms with van der Waals surface area (Å²) >= 11 is 0. The minimum absolute atomic E-state index is 0.532. The molecule has 0 bridgehead atoms. The lowest BCUT2D eigenvalue weighted by Gasteiger charge is -2.20. The first-order valence-corrected chi connectivity index (χ1v) is 7.88. The van der Waals surface area contributed by atoms with E-state index in [9.17, 15) is 0 Å². The van der Waals surface area contributed by atoms with E-state index < -0.39 is 0 Å². The zero-order chi connectivity index (χ0) is 14.3. The normalized spacial score (nSPS) is 19.0. The number of ether oxygens (including phenoxy) is 1. The summed E-state index contributed by atoms with van der Waals surface area (Å²) in [7, 11) is 0. The summed E-state index contributed by atoms with van der Waals surface area (Å²) in [5, 5.41) is 3.73. The second-order valence-corrected chi connectivity index (χ2v) is 5.70. The van der Waals surface area contributed by atoms with Crippen molar-refractivity contribution in [2.24, 2.45) is 0 Å². The maximum atomic E-state index is 5.55. The number of para-hydroxylation sites is 1. The van der Waals surface area contributed by atoms with Gasteiger partial charge in [-0.2, -0.15) is 0 Å². The number of anilines is 1. The smallest absolute Gasteiger partial charge is 0.0485 e. The Morgan fingerprint density at radius 1 is 0.905 bits per heavy atom. The van der Waals surface area contributed by atoms with E-state index >= 15 is 0 Å². The average molecular weight is 281 g/mol. The van der Waals surface area contributed by atoms with Crippen LogP contribution in [0.5, 0.6) is 0 Å². The molecule has 0 spiro atoms. The highest BCUT2D eigenvalue weighted by molar-refractivity contribution is 5.53. The van der Waals surface area contributed by atoms with Crippen molar-refractivity contribution in [3.05, 3.63) is 65.7 Å². The van der Waals surface area contributed by atoms with Gasteiger partial charge in [0.2, 0.25) is 0 Å². The fourth-order valence-corrected chi connectivity index (χ4v) is 2.90. The Bertz CT molecular complexity index is 545. The second kappa shape index (κ2) is 7.28. The van der Waals surface area contributed by atoms with Gasteiger partial charge in [-0.3, -0.25) is 0 Å². The summed E-state index contributed by atoms with van der Waals surface area (Å²) in [4.78, 5) is 0. The minimum Gasteiger partial charge on any atom is -0.382 e. The van der Waals surface area contributed by atoms with Crippen LogP contribution in [-0.4, -0.2) is 19.3 Å². The van der Waals surface area contributed by atoms with Gasteiger partial charge in [0.25, 0.3) is 0 Å². The molecule has 3 rings (SSSR count). The first kappa shape index (κ1) is 14.2. The lowest BCUT2D eigenvalue weighted by molar-refractivity contribution is 0.144. The van der Waals surface area contributed by atoms with Crippen LogP contribution in [0.1, 0.15) is 30.4 Å². The van der Waals surface area contributed by atoms with Crippen LogP contribution in [0.15, 0.2) is 54.6 Å². The van der Waals surface area contributed by atoms with Crippen molar-refractivity contribution in [2.45, 2.75) is 31.7 Å². The van der Waals surface area contributed by atoms with E-state index in [0.717, 1.165) is 32.5 Å². The monoisotopic (exact) mass is 281 g/mol. The van der Waals surface area contributed by atoms with Crippen molar-refractivity contribution in [2.75, 3.05) is 18.5 Å². The Labute approximate surface area is 127 Å². The molecule has 2 nitrogen and oxygen atoms in total. The van der Waals surface area contributed by atoms with E-state index in [0.29, 0.717) is 6.04 Å². The molecule has 0 saturated carbocycles. The summed E-state index contributed by atoms with van der Waals surface area (Å²) in [6.45, 7) is 1.78. The van der Waals surface area contributed by atoms with Gasteiger partial charge in [-0.15, -0.1) is 0 Å². The first-order chi connectivity index (χ1) is 10.4. The predicted molar refractivity (Wildman–Crippen MR) is 87.8 cm³/mol. The number of hydrogen-bond donors (Lipinski definition) is 1. The predicted octanol–water partition coefficient (Wildman–Crippen LogP) is 4.26. The van der Waals surface area contributed by atoms with Gasteiger partial charge >= 0.3 is 0 Å². The molecule has 1 unspecified atom stereocenters. The molecule has 1 N–H and O–H groups in total. The molecule has 21 heavy (non-hydrogen) atoms. The molecule has 110 valence electrons. The molecule has 0 aromatic heterocycles. The van der Waals surface area contributed by atoms with Crippen LogP contribution < -0.4 is 5.32 Å². The molecule has 2 aromatic carbocycles. The first-order valence-electron chi connectivity index (χ1n) is 7.88. The zero-order valence-electron chi connectivity index (χ0n) is 12.4. The zero-order valence-corrected chi connectivity index (χ0v) is 12.4. The van der Waals surface area contributed by atoms with Gasteiger partial charge in [0.1, 0.15) is 0 Å². The molecule has 0 aliphatic carbocycles. The molecule has 2 aromatic rings. The lowest BCUT2D eigenvalue weighted by atomic mass is 10.0. The molecule has 1 aliphatic heterocycles. The highest BCUT2D eigenvalue weighted by atomic mass is 16.5. The quantitative estimate of drug-likeness (QED) is 0.904. The molecule has 1 heterocycles. The molecule has 1 saturated heterocycles. The van der Waals surface area contributed by atoms with Crippen LogP contribution in [0, 0.1) is 0 Å². The Balaban J connectivity index is 1.72. The average Bonchev–Trinajstić information content (AvgIpc) is 2.79. The standard InChI is InChI=1S/C19H23NO/c1-2-7-16(8-3-1)15-17-9-4-5-11-19(17)20-18-10-6-13-21-14-12-18/h1-5,7-9,11,18,20H,6,10,12-15H2. The molecule has 0 amide bonds. The van der Waals surface area contributed by atoms with Gasteiger partial charge in [-0.1, -0.05) is 48.5 Å². The molecular weight excluding hydrogens is 258 g/mol. The van der Waals surface area contributed by atoms with Crippen molar-refractivity contribution in [3.63, 3.8) is 0 Å². The molecule has 1 aliphatic rings. The summed E-state index contributed by atoms with van der Waals surface area (Å²) in [6.07, 6.45) is 4.42. The lowest BCUT2D eigenvalue weighted by Crippen LogP contribution is -2.20. The maximum Gasteiger partial charge on any atom is 0.0485 e. The van der Waals surface area contributed by atoms with Gasteiger partial charge < -0.3 is 10.1 Å². The summed E-state index contributed by atoms with van der Waals surface area (Å²) in [5.74, 6) is 0. The van der Waals surface area contributed by atoms with Crippen LogP contribution >= 0.6 is 0 Å². The number of rotatable bonds is 4. The van der Waals surface area contributed by atoms with Crippen LogP contribution in [0.25, 0.3) is 0 Å². The van der Waals surface area contributed by atoms with Crippen LogP contribution in [-0.2, 0) is 11.2 Å². The fourth-order valence-electron chi connectivity index (χ4n) is 2.90. The van der Waals surface area contributed by atoms with Crippen LogP contribution in [0.3, 0.4) is 0 Å². The fraction of sp³-hybridized carbons (Fsp3) is 0.368. The molecule has 2 heteroatoms. The van der Waals surface area contributed by atoms with Crippen molar-refractivity contribution in [1.82, 2.24) is 0 Å². The Hall–Kier alpha value is -1.80. The van der Waals surface area contributed by atoms with Gasteiger partial charge in [0, 0.05) is 24.9 Å². The van der Waals surface area contributed by atoms with Crippen molar-refractivity contribution < 1.29 is 4.74 Å². The second-order valence-electron chi connectivity index (χ2n) is 5.70. The molecule has 1 atom stereocenters. The topological polar surface area (TPSA) is 21.3 Å². The van der Waals surface area contributed by atoms with E-state index in [1.165, 1.54) is 23.2 Å². The number of nitrogens with one attached hydrogen (secondary N) is 1. The largest absolute Gasteiger partial charge is 0.382 e. The molecule has 0 radical (unpaired) electrons. The SMILES string of the molecule is c1ccc(Cc2ccccc2NC2CCCOCC2)cc1. The number of benzene rings is 2. The maximum absolute atomic E-state index is 5.55. The van der Waals surface area contributed by atoms with Gasteiger partial charge in [-0.05, 0) is 42.9 Å². The van der Waals surface area contributed by atoms with Crippen molar-refractivity contribution >= 4 is 5.69 Å². The molecular formula is C19H23NO. The van der Waals surface area contributed by atoms with Gasteiger partial charge in [-0.25, -0.2) is 0 Å². The third kappa shape index (κ3) is 4.08. The highest BCUT2D eigenvalue weighted by Crippen LogP contribution is 2.22. The van der Waals surface area contributed by atoms with Gasteiger partial charge in [0.05, 0.1) is 0 Å². The van der Waals surface area contributed by atoms with Crippen LogP contribution in [0.2, 0.25) is 0 Å². The Kier molecular flexibility index (Phi) is 4.90. The van der Waals surface area contributed by atoms with E-state index in [1.807, 2.05) is 0 Å². The summed E-state index contributed by atoms with van der Waals surface area (Å²) in [5.41, 5.74) is 4.00. The minimum atomic E-state index is 0.532. The number of hydrogen-bond acceptors (Lipinski definition) is 2. The third-order valence-electron chi connectivity index (χ3n) is 4.07. The summed E-state index contributed by atoms with van der Waals surface area (Å²) < 4.78 is 5.55. The van der Waals surface area contributed by atoms with E-state index in [-0.39, 0.29) is 0 Å². The van der Waals surface area contributed by atoms with E-state index in [4.69, 9.17) is 4.74 Å². The Morgan fingerprint density at radius 2 is 1.71 bits per heavy atom. The van der Waals surface area contributed by atoms with Crippen molar-refractivity contribution in [1.29, 1.82) is 0 Å². The van der Waals surface area contributed by atoms with E-state index in [2.05, 4.69) is 59.9 Å². The van der Waals surface area contributed by atoms with Crippen molar-refractivity contribution in [3.8, 4) is 0 Å². The Morgan fingerprint density at radius 3 is 2.62 bits per heavy atom. The summed E-state index contributed by atoms with van der Waals surface area (Å²) in [6, 6.07) is 19.9. The highest BCUT2D eigenvalue weighted by Gasteiger charge is 2.13. The van der Waals surface area contributed by atoms with E-state index in [1.54, 1.807) is 0 Å². The molecule has 1 fully saturated rings.